The van der Waals surface area contributed by atoms with Crippen LogP contribution in [0.5, 0.6) is 0 Å². The van der Waals surface area contributed by atoms with E-state index in [1.165, 1.54) is 0 Å². The fourth-order valence-electron chi connectivity index (χ4n) is 2.16. The largest absolute Gasteiger partial charge is 0.348 e. The van der Waals surface area contributed by atoms with Crippen LogP contribution in [0.3, 0.4) is 0 Å². The van der Waals surface area contributed by atoms with Crippen LogP contribution >= 0.6 is 0 Å². The number of hydrogen-bond donors (Lipinski definition) is 2. The van der Waals surface area contributed by atoms with E-state index in [0.29, 0.717) is 12.0 Å². The van der Waals surface area contributed by atoms with Crippen molar-refractivity contribution in [3.8, 4) is 0 Å². The Morgan fingerprint density at radius 2 is 1.65 bits per heavy atom. The Hall–Kier alpha value is -3.21. The number of carbonyl (C=O) groups is 1. The molecule has 114 valence electrons. The fourth-order valence-corrected chi connectivity index (χ4v) is 2.16. The molecule has 0 saturated carbocycles. The van der Waals surface area contributed by atoms with Crippen molar-refractivity contribution in [2.45, 2.75) is 6.42 Å². The second-order valence-electron chi connectivity index (χ2n) is 4.94. The number of rotatable bonds is 5. The average molecular weight is 304 g/mol. The van der Waals surface area contributed by atoms with Crippen molar-refractivity contribution in [3.63, 3.8) is 0 Å². The normalized spacial score (nSPS) is 11.2. The molecule has 5 nitrogen and oxygen atoms in total. The summed E-state index contributed by atoms with van der Waals surface area (Å²) in [6.45, 7) is 0. The van der Waals surface area contributed by atoms with Crippen molar-refractivity contribution >= 4 is 11.6 Å². The van der Waals surface area contributed by atoms with Gasteiger partial charge in [-0.3, -0.25) is 4.79 Å². The third kappa shape index (κ3) is 3.91. The van der Waals surface area contributed by atoms with Gasteiger partial charge in [0, 0.05) is 18.0 Å². The summed E-state index contributed by atoms with van der Waals surface area (Å²) in [5.74, 6) is 0.556. The van der Waals surface area contributed by atoms with Gasteiger partial charge in [0.25, 0.3) is 5.91 Å². The maximum atomic E-state index is 12.1. The number of amides is 1. The van der Waals surface area contributed by atoms with E-state index in [4.69, 9.17) is 0 Å². The lowest BCUT2D eigenvalue weighted by Crippen LogP contribution is -2.21. The molecule has 0 aliphatic heterocycles. The smallest absolute Gasteiger partial charge is 0.271 e. The van der Waals surface area contributed by atoms with Crippen molar-refractivity contribution in [3.05, 3.63) is 90.0 Å². The number of carbonyl (C=O) groups excluding carboxylic acids is 1. The van der Waals surface area contributed by atoms with Gasteiger partial charge in [-0.05, 0) is 17.7 Å². The van der Waals surface area contributed by atoms with Gasteiger partial charge < -0.3 is 4.98 Å². The van der Waals surface area contributed by atoms with Crippen LogP contribution in [0.2, 0.25) is 0 Å². The number of benzene rings is 2. The molecule has 2 aromatic carbocycles. The van der Waals surface area contributed by atoms with Gasteiger partial charge in [0.05, 0.1) is 12.1 Å². The Morgan fingerprint density at radius 1 is 1.00 bits per heavy atom. The third-order valence-electron chi connectivity index (χ3n) is 3.33. The molecule has 0 radical (unpaired) electrons. The van der Waals surface area contributed by atoms with E-state index >= 15 is 0 Å². The summed E-state index contributed by atoms with van der Waals surface area (Å²) in [7, 11) is 0. The Balaban J connectivity index is 1.81. The topological polar surface area (TPSA) is 70.1 Å². The van der Waals surface area contributed by atoms with E-state index in [-0.39, 0.29) is 5.91 Å². The van der Waals surface area contributed by atoms with Gasteiger partial charge in [-0.15, -0.1) is 0 Å². The van der Waals surface area contributed by atoms with Gasteiger partial charge in [-0.2, -0.15) is 5.10 Å². The number of nitrogens with zero attached hydrogens (tertiary/aromatic N) is 2. The molecule has 0 atom stereocenters. The number of hydrazone groups is 1. The predicted molar refractivity (Wildman–Crippen MR) is 89.2 cm³/mol. The van der Waals surface area contributed by atoms with E-state index in [2.05, 4.69) is 20.5 Å². The monoisotopic (exact) mass is 304 g/mol. The highest BCUT2D eigenvalue weighted by Gasteiger charge is 2.09. The van der Waals surface area contributed by atoms with Crippen LogP contribution in [0.1, 0.15) is 21.7 Å². The Kier molecular flexibility index (Phi) is 4.59. The maximum Gasteiger partial charge on any atom is 0.271 e. The van der Waals surface area contributed by atoms with Crippen LogP contribution in [0.4, 0.5) is 0 Å². The first kappa shape index (κ1) is 14.7. The molecule has 0 aliphatic carbocycles. The van der Waals surface area contributed by atoms with Crippen molar-refractivity contribution in [1.29, 1.82) is 0 Å². The number of aromatic nitrogens is 2. The molecule has 1 heterocycles. The number of nitrogens with one attached hydrogen (secondary N) is 2. The lowest BCUT2D eigenvalue weighted by Gasteiger charge is -2.06. The lowest BCUT2D eigenvalue weighted by molar-refractivity contribution is 0.0955. The lowest BCUT2D eigenvalue weighted by atomic mass is 10.1. The molecule has 1 amide bonds. The first-order chi connectivity index (χ1) is 11.3. The minimum absolute atomic E-state index is 0.238. The van der Waals surface area contributed by atoms with Crippen molar-refractivity contribution < 1.29 is 4.79 Å². The summed E-state index contributed by atoms with van der Waals surface area (Å²) < 4.78 is 0. The van der Waals surface area contributed by atoms with Gasteiger partial charge in [0.15, 0.2) is 0 Å². The van der Waals surface area contributed by atoms with Crippen molar-refractivity contribution in [2.75, 3.05) is 0 Å². The van der Waals surface area contributed by atoms with E-state index in [1.807, 2.05) is 48.5 Å². The molecule has 0 fully saturated rings. The molecule has 2 N–H and O–H groups in total. The zero-order chi connectivity index (χ0) is 15.9. The molecular weight excluding hydrogens is 288 g/mol. The summed E-state index contributed by atoms with van der Waals surface area (Å²) in [5.41, 5.74) is 4.87. The highest BCUT2D eigenvalue weighted by atomic mass is 16.2. The summed E-state index contributed by atoms with van der Waals surface area (Å²) in [5, 5.41) is 4.30. The summed E-state index contributed by atoms with van der Waals surface area (Å²) in [6, 6.07) is 18.7. The van der Waals surface area contributed by atoms with Crippen LogP contribution in [-0.4, -0.2) is 21.6 Å². The molecule has 0 aliphatic rings. The van der Waals surface area contributed by atoms with Gasteiger partial charge in [-0.1, -0.05) is 48.5 Å². The van der Waals surface area contributed by atoms with Crippen molar-refractivity contribution in [2.24, 2.45) is 5.10 Å². The highest BCUT2D eigenvalue weighted by molar-refractivity contribution is 6.03. The number of aromatic amines is 1. The van der Waals surface area contributed by atoms with Crippen LogP contribution in [-0.2, 0) is 6.42 Å². The standard InChI is InChI=1S/C18H16N4O/c23-18(15-9-5-2-6-10-15)22-21-16(13-17-19-11-12-20-17)14-7-3-1-4-8-14/h1-12H,13H2,(H,19,20)(H,22,23). The summed E-state index contributed by atoms with van der Waals surface area (Å²) in [6.07, 6.45) is 3.97. The number of H-pyrrole nitrogens is 1. The molecule has 0 unspecified atom stereocenters. The minimum Gasteiger partial charge on any atom is -0.348 e. The van der Waals surface area contributed by atoms with E-state index < -0.39 is 0 Å². The van der Waals surface area contributed by atoms with Crippen LogP contribution in [0.15, 0.2) is 78.2 Å². The third-order valence-corrected chi connectivity index (χ3v) is 3.33. The Labute approximate surface area is 134 Å². The highest BCUT2D eigenvalue weighted by Crippen LogP contribution is 2.06. The van der Waals surface area contributed by atoms with Crippen LogP contribution < -0.4 is 5.43 Å². The quantitative estimate of drug-likeness (QED) is 0.562. The Bertz CT molecular complexity index is 780. The number of hydrogen-bond acceptors (Lipinski definition) is 3. The van der Waals surface area contributed by atoms with Crippen molar-refractivity contribution in [1.82, 2.24) is 15.4 Å². The molecule has 0 spiro atoms. The zero-order valence-electron chi connectivity index (χ0n) is 12.4. The summed E-state index contributed by atoms with van der Waals surface area (Å²) >= 11 is 0. The van der Waals surface area contributed by atoms with Gasteiger partial charge in [0.1, 0.15) is 5.82 Å². The first-order valence-electron chi connectivity index (χ1n) is 7.28. The van der Waals surface area contributed by atoms with E-state index in [9.17, 15) is 4.79 Å². The van der Waals surface area contributed by atoms with E-state index in [0.717, 1.165) is 17.1 Å². The fraction of sp³-hybridized carbons (Fsp3) is 0.0556. The SMILES string of the molecule is O=C(NN=C(Cc1ncc[nH]1)c1ccccc1)c1ccccc1. The van der Waals surface area contributed by atoms with Gasteiger partial charge in [0.2, 0.25) is 0 Å². The van der Waals surface area contributed by atoms with Gasteiger partial charge in [-0.25, -0.2) is 10.4 Å². The molecular formula is C18H16N4O. The van der Waals surface area contributed by atoms with Crippen LogP contribution in [0, 0.1) is 0 Å². The molecule has 1 aromatic heterocycles. The second-order valence-corrected chi connectivity index (χ2v) is 4.94. The van der Waals surface area contributed by atoms with E-state index in [1.54, 1.807) is 24.5 Å². The zero-order valence-corrected chi connectivity index (χ0v) is 12.4. The molecule has 23 heavy (non-hydrogen) atoms. The molecule has 5 heteroatoms. The summed E-state index contributed by atoms with van der Waals surface area (Å²) in [4.78, 5) is 19.4. The van der Waals surface area contributed by atoms with Gasteiger partial charge >= 0.3 is 0 Å². The van der Waals surface area contributed by atoms with Crippen LogP contribution in [0.25, 0.3) is 0 Å². The minimum atomic E-state index is -0.238. The molecule has 3 rings (SSSR count). The molecule has 3 aromatic rings. The maximum absolute atomic E-state index is 12.1. The first-order valence-corrected chi connectivity index (χ1v) is 7.28. The molecule has 0 saturated heterocycles. The number of imidazole rings is 1. The molecule has 0 bridgehead atoms. The average Bonchev–Trinajstić information content (AvgIpc) is 3.13. The predicted octanol–water partition coefficient (Wildman–Crippen LogP) is 2.79. The second kappa shape index (κ2) is 7.17. The Morgan fingerprint density at radius 3 is 2.26 bits per heavy atom.